The van der Waals surface area contributed by atoms with Crippen molar-refractivity contribution < 1.29 is 23.1 Å². The van der Waals surface area contributed by atoms with Gasteiger partial charge in [0.15, 0.2) is 16.4 Å². The molecule has 1 amide bonds. The van der Waals surface area contributed by atoms with Crippen LogP contribution in [0.15, 0.2) is 18.3 Å². The van der Waals surface area contributed by atoms with Gasteiger partial charge in [-0.3, -0.25) is 4.79 Å². The zero-order valence-electron chi connectivity index (χ0n) is 17.6. The van der Waals surface area contributed by atoms with E-state index in [-0.39, 0.29) is 49.3 Å². The van der Waals surface area contributed by atoms with Crippen LogP contribution in [0.2, 0.25) is 0 Å². The van der Waals surface area contributed by atoms with Crippen molar-refractivity contribution in [2.45, 2.75) is 44.8 Å². The third kappa shape index (κ3) is 5.24. The van der Waals surface area contributed by atoms with Gasteiger partial charge in [0.1, 0.15) is 11.3 Å². The highest BCUT2D eigenvalue weighted by atomic mass is 32.2. The lowest BCUT2D eigenvalue weighted by Crippen LogP contribution is -2.45. The summed E-state index contributed by atoms with van der Waals surface area (Å²) < 4.78 is 29.0. The Morgan fingerprint density at radius 2 is 1.94 bits per heavy atom. The molecule has 4 rings (SSSR count). The molecular formula is C21H28N4O5S. The van der Waals surface area contributed by atoms with Gasteiger partial charge in [0.2, 0.25) is 5.95 Å². The molecule has 2 fully saturated rings. The highest BCUT2D eigenvalue weighted by Crippen LogP contribution is 2.29. The van der Waals surface area contributed by atoms with E-state index < -0.39 is 9.84 Å². The topological polar surface area (TPSA) is 122 Å². The third-order valence-corrected chi connectivity index (χ3v) is 7.58. The lowest BCUT2D eigenvalue weighted by atomic mass is 9.93. The zero-order valence-corrected chi connectivity index (χ0v) is 18.4. The Bertz CT molecular complexity index is 1050. The van der Waals surface area contributed by atoms with Crippen LogP contribution in [0.1, 0.15) is 31.2 Å². The van der Waals surface area contributed by atoms with E-state index in [0.29, 0.717) is 17.2 Å². The van der Waals surface area contributed by atoms with Crippen molar-refractivity contribution in [3.8, 4) is 5.75 Å². The van der Waals surface area contributed by atoms with E-state index >= 15 is 0 Å². The monoisotopic (exact) mass is 448 g/mol. The molecule has 1 saturated heterocycles. The van der Waals surface area contributed by atoms with Crippen LogP contribution >= 0.6 is 0 Å². The SMILES string of the molecule is Cc1ccc2cnc(N[C@H]3CC[C@H](O)CC3)nc2c1OCC(=O)N1CCS(=O)(=O)CC1. The molecule has 1 aromatic carbocycles. The number of anilines is 1. The number of nitrogens with zero attached hydrogens (tertiary/aromatic N) is 3. The zero-order chi connectivity index (χ0) is 22.0. The summed E-state index contributed by atoms with van der Waals surface area (Å²) in [5.41, 5.74) is 1.48. The predicted molar refractivity (Wildman–Crippen MR) is 117 cm³/mol. The molecule has 2 aromatic rings. The van der Waals surface area contributed by atoms with Gasteiger partial charge in [0, 0.05) is 30.7 Å². The first kappa shape index (κ1) is 21.8. The number of hydrogen-bond acceptors (Lipinski definition) is 8. The number of aliphatic hydroxyl groups excluding tert-OH is 1. The lowest BCUT2D eigenvalue weighted by Gasteiger charge is -2.27. The maximum absolute atomic E-state index is 12.5. The summed E-state index contributed by atoms with van der Waals surface area (Å²) in [7, 11) is -3.04. The Kier molecular flexibility index (Phi) is 6.29. The second-order valence-electron chi connectivity index (χ2n) is 8.31. The first-order chi connectivity index (χ1) is 14.8. The minimum atomic E-state index is -3.04. The number of carbonyl (C=O) groups is 1. The number of benzene rings is 1. The average Bonchev–Trinajstić information content (AvgIpc) is 2.74. The van der Waals surface area contributed by atoms with Gasteiger partial charge in [-0.25, -0.2) is 18.4 Å². The summed E-state index contributed by atoms with van der Waals surface area (Å²) in [4.78, 5) is 23.1. The van der Waals surface area contributed by atoms with Crippen molar-refractivity contribution in [1.29, 1.82) is 0 Å². The quantitative estimate of drug-likeness (QED) is 0.702. The van der Waals surface area contributed by atoms with Crippen LogP contribution in [0.4, 0.5) is 5.95 Å². The molecule has 1 saturated carbocycles. The normalized spacial score (nSPS) is 23.5. The molecule has 10 heteroatoms. The number of sulfone groups is 1. The first-order valence-electron chi connectivity index (χ1n) is 10.6. The number of amides is 1. The highest BCUT2D eigenvalue weighted by molar-refractivity contribution is 7.91. The molecule has 0 atom stereocenters. The highest BCUT2D eigenvalue weighted by Gasteiger charge is 2.25. The summed E-state index contributed by atoms with van der Waals surface area (Å²) in [5, 5.41) is 13.8. The molecule has 0 radical (unpaired) electrons. The summed E-state index contributed by atoms with van der Waals surface area (Å²) >= 11 is 0. The summed E-state index contributed by atoms with van der Waals surface area (Å²) in [6.45, 7) is 2.12. The van der Waals surface area contributed by atoms with E-state index in [1.807, 2.05) is 19.1 Å². The van der Waals surface area contributed by atoms with Gasteiger partial charge < -0.3 is 20.1 Å². The smallest absolute Gasteiger partial charge is 0.260 e. The second kappa shape index (κ2) is 8.96. The molecule has 1 aliphatic carbocycles. The minimum absolute atomic E-state index is 0.00746. The van der Waals surface area contributed by atoms with Gasteiger partial charge in [-0.15, -0.1) is 0 Å². The van der Waals surface area contributed by atoms with E-state index in [2.05, 4.69) is 15.3 Å². The Hall–Kier alpha value is -2.46. The van der Waals surface area contributed by atoms with E-state index in [0.717, 1.165) is 36.6 Å². The maximum Gasteiger partial charge on any atom is 0.260 e. The molecule has 2 heterocycles. The number of ether oxygens (including phenoxy) is 1. The van der Waals surface area contributed by atoms with Crippen LogP contribution in [0.3, 0.4) is 0 Å². The van der Waals surface area contributed by atoms with Crippen LogP contribution in [0, 0.1) is 6.92 Å². The minimum Gasteiger partial charge on any atom is -0.481 e. The van der Waals surface area contributed by atoms with Gasteiger partial charge in [-0.2, -0.15) is 0 Å². The number of aromatic nitrogens is 2. The van der Waals surface area contributed by atoms with Crippen LogP contribution in [-0.4, -0.2) is 77.6 Å². The van der Waals surface area contributed by atoms with Crippen LogP contribution in [0.25, 0.3) is 10.9 Å². The van der Waals surface area contributed by atoms with Crippen molar-refractivity contribution in [2.24, 2.45) is 0 Å². The Labute approximate surface area is 181 Å². The molecule has 0 bridgehead atoms. The van der Waals surface area contributed by atoms with E-state index in [1.165, 1.54) is 4.90 Å². The fourth-order valence-corrected chi connectivity index (χ4v) is 5.21. The number of rotatable bonds is 5. The molecule has 2 aliphatic rings. The van der Waals surface area contributed by atoms with Gasteiger partial charge in [0.05, 0.1) is 17.6 Å². The predicted octanol–water partition coefficient (Wildman–Crippen LogP) is 1.29. The van der Waals surface area contributed by atoms with Crippen molar-refractivity contribution in [2.75, 3.05) is 36.5 Å². The average molecular weight is 449 g/mol. The van der Waals surface area contributed by atoms with Gasteiger partial charge in [0.25, 0.3) is 5.91 Å². The molecule has 31 heavy (non-hydrogen) atoms. The number of hydrogen-bond donors (Lipinski definition) is 2. The lowest BCUT2D eigenvalue weighted by molar-refractivity contribution is -0.133. The molecule has 2 N–H and O–H groups in total. The standard InChI is InChI=1S/C21H28N4O5S/c1-14-2-3-15-12-22-21(23-16-4-6-17(26)7-5-16)24-19(15)20(14)30-13-18(27)25-8-10-31(28,29)11-9-25/h2-3,12,16-17,26H,4-11,13H2,1H3,(H,22,23,24)/t16-,17-. The number of aryl methyl sites for hydroxylation is 1. The molecule has 1 aliphatic heterocycles. The molecule has 0 unspecified atom stereocenters. The van der Waals surface area contributed by atoms with E-state index in [4.69, 9.17) is 4.74 Å². The van der Waals surface area contributed by atoms with E-state index in [9.17, 15) is 18.3 Å². The number of carbonyl (C=O) groups excluding carboxylic acids is 1. The fraction of sp³-hybridized carbons (Fsp3) is 0.571. The van der Waals surface area contributed by atoms with Crippen LogP contribution < -0.4 is 10.1 Å². The Morgan fingerprint density at radius 1 is 1.23 bits per heavy atom. The van der Waals surface area contributed by atoms with Gasteiger partial charge in [-0.05, 0) is 38.2 Å². The number of nitrogens with one attached hydrogen (secondary N) is 1. The molecule has 1 aromatic heterocycles. The molecule has 9 nitrogen and oxygen atoms in total. The molecule has 0 spiro atoms. The summed E-state index contributed by atoms with van der Waals surface area (Å²) in [6, 6.07) is 4.02. The summed E-state index contributed by atoms with van der Waals surface area (Å²) in [5.74, 6) is 0.773. The van der Waals surface area contributed by atoms with Crippen molar-refractivity contribution in [1.82, 2.24) is 14.9 Å². The second-order valence-corrected chi connectivity index (χ2v) is 10.6. The van der Waals surface area contributed by atoms with Gasteiger partial charge >= 0.3 is 0 Å². The van der Waals surface area contributed by atoms with Crippen molar-refractivity contribution in [3.63, 3.8) is 0 Å². The maximum atomic E-state index is 12.5. The van der Waals surface area contributed by atoms with Crippen LogP contribution in [-0.2, 0) is 14.6 Å². The fourth-order valence-electron chi connectivity index (χ4n) is 4.01. The van der Waals surface area contributed by atoms with Crippen molar-refractivity contribution in [3.05, 3.63) is 23.9 Å². The van der Waals surface area contributed by atoms with E-state index in [1.54, 1.807) is 6.20 Å². The summed E-state index contributed by atoms with van der Waals surface area (Å²) in [6.07, 6.45) is 4.75. The number of aliphatic hydroxyl groups is 1. The van der Waals surface area contributed by atoms with Crippen LogP contribution in [0.5, 0.6) is 5.75 Å². The Balaban J connectivity index is 1.47. The molecule has 168 valence electrons. The molecular weight excluding hydrogens is 420 g/mol. The van der Waals surface area contributed by atoms with Crippen molar-refractivity contribution >= 4 is 32.6 Å². The largest absolute Gasteiger partial charge is 0.481 e. The van der Waals surface area contributed by atoms with Gasteiger partial charge in [-0.1, -0.05) is 12.1 Å². The first-order valence-corrected chi connectivity index (χ1v) is 12.4. The third-order valence-electron chi connectivity index (χ3n) is 5.97. The number of fused-ring (bicyclic) bond motifs is 1. The Morgan fingerprint density at radius 3 is 2.65 bits per heavy atom.